The first kappa shape index (κ1) is 23.6. The van der Waals surface area contributed by atoms with E-state index in [1.165, 1.54) is 36.3 Å². The molecule has 0 bridgehead atoms. The van der Waals surface area contributed by atoms with Crippen LogP contribution in [-0.4, -0.2) is 25.2 Å². The molecule has 1 N–H and O–H groups in total. The van der Waals surface area contributed by atoms with Crippen molar-refractivity contribution in [3.05, 3.63) is 81.9 Å². The Morgan fingerprint density at radius 1 is 1.26 bits per heavy atom. The number of thiazole rings is 1. The lowest BCUT2D eigenvalue weighted by Crippen LogP contribution is -2.57. The smallest absolute Gasteiger partial charge is 0.183 e. The van der Waals surface area contributed by atoms with Crippen molar-refractivity contribution in [3.63, 3.8) is 0 Å². The van der Waals surface area contributed by atoms with E-state index in [9.17, 15) is 0 Å². The fourth-order valence-electron chi connectivity index (χ4n) is 7.76. The molecule has 0 saturated heterocycles. The number of hydrogen-bond donors (Lipinski definition) is 1. The van der Waals surface area contributed by atoms with E-state index in [1.54, 1.807) is 35.5 Å². The minimum absolute atomic E-state index is 0.258. The van der Waals surface area contributed by atoms with Crippen LogP contribution in [0.3, 0.4) is 0 Å². The monoisotopic (exact) mass is 474 g/mol. The van der Waals surface area contributed by atoms with Gasteiger partial charge in [-0.3, -0.25) is 0 Å². The third-order valence-electron chi connectivity index (χ3n) is 8.96. The largest absolute Gasteiger partial charge is 0.381 e. The van der Waals surface area contributed by atoms with Crippen LogP contribution in [0, 0.1) is 17.8 Å². The van der Waals surface area contributed by atoms with Crippen molar-refractivity contribution in [2.24, 2.45) is 10.8 Å². The van der Waals surface area contributed by atoms with E-state index in [1.807, 2.05) is 11.3 Å². The molecule has 1 aromatic carbocycles. The van der Waals surface area contributed by atoms with E-state index in [-0.39, 0.29) is 5.41 Å². The maximum atomic E-state index is 4.84. The molecule has 0 spiro atoms. The summed E-state index contributed by atoms with van der Waals surface area (Å²) in [6.07, 6.45) is 12.7. The summed E-state index contributed by atoms with van der Waals surface area (Å²) >= 11 is 1.85. The number of nitrogens with one attached hydrogen (secondary N) is 1. The Labute approximate surface area is 209 Å². The minimum atomic E-state index is 0.258. The molecule has 2 aromatic rings. The van der Waals surface area contributed by atoms with Crippen LogP contribution >= 0.6 is 11.3 Å². The Kier molecular flexibility index (Phi) is 6.32. The Morgan fingerprint density at radius 2 is 2.06 bits per heavy atom. The van der Waals surface area contributed by atoms with Crippen LogP contribution in [0.25, 0.3) is 0 Å². The van der Waals surface area contributed by atoms with E-state index in [4.69, 9.17) is 4.98 Å². The molecule has 3 nitrogen and oxygen atoms in total. The number of aryl methyl sites for hydroxylation is 2. The van der Waals surface area contributed by atoms with Gasteiger partial charge in [0.1, 0.15) is 0 Å². The number of allylic oxidation sites excluding steroid dienone is 3. The maximum absolute atomic E-state index is 4.84. The number of rotatable bonds is 7. The zero-order valence-electron chi connectivity index (χ0n) is 21.1. The lowest BCUT2D eigenvalue weighted by Gasteiger charge is -2.62. The molecular weight excluding hydrogens is 436 g/mol. The molecule has 1 aromatic heterocycles. The van der Waals surface area contributed by atoms with E-state index < -0.39 is 0 Å². The molecule has 4 unspecified atom stereocenters. The van der Waals surface area contributed by atoms with Gasteiger partial charge in [0.25, 0.3) is 0 Å². The number of anilines is 1. The summed E-state index contributed by atoms with van der Waals surface area (Å²) in [5, 5.41) is 4.95. The second-order valence-corrected chi connectivity index (χ2v) is 11.2. The average molecular weight is 475 g/mol. The number of fused-ring (bicyclic) bond motifs is 5. The van der Waals surface area contributed by atoms with Gasteiger partial charge in [-0.2, -0.15) is 0 Å². The second kappa shape index (κ2) is 9.13. The van der Waals surface area contributed by atoms with E-state index in [0.29, 0.717) is 17.9 Å². The van der Waals surface area contributed by atoms with Crippen molar-refractivity contribution in [1.82, 2.24) is 4.98 Å². The van der Waals surface area contributed by atoms with Crippen LogP contribution in [0.4, 0.5) is 5.13 Å². The maximum Gasteiger partial charge on any atom is 0.183 e. The SMILES string of the molecule is C=CCOC.CCc1sc(NCC23CC4c5ccccc5C(C5=C2C=CCC5)C43CC)nc1C. The lowest BCUT2D eigenvalue weighted by molar-refractivity contribution is -0.0546. The van der Waals surface area contributed by atoms with E-state index >= 15 is 0 Å². The Bertz CT molecular complexity index is 1140. The highest BCUT2D eigenvalue weighted by molar-refractivity contribution is 7.15. The van der Waals surface area contributed by atoms with Crippen molar-refractivity contribution in [3.8, 4) is 0 Å². The summed E-state index contributed by atoms with van der Waals surface area (Å²) in [4.78, 5) is 6.26. The zero-order valence-corrected chi connectivity index (χ0v) is 21.9. The third-order valence-corrected chi connectivity index (χ3v) is 10.2. The third kappa shape index (κ3) is 3.14. The zero-order chi connectivity index (χ0) is 23.9. The van der Waals surface area contributed by atoms with Gasteiger partial charge >= 0.3 is 0 Å². The lowest BCUT2D eigenvalue weighted by atomic mass is 9.41. The molecule has 180 valence electrons. The van der Waals surface area contributed by atoms with Gasteiger partial charge in [-0.1, -0.05) is 61.9 Å². The number of hydrogen-bond acceptors (Lipinski definition) is 4. The predicted molar refractivity (Wildman–Crippen MR) is 144 cm³/mol. The minimum Gasteiger partial charge on any atom is -0.381 e. The summed E-state index contributed by atoms with van der Waals surface area (Å²) in [7, 11) is 1.64. The summed E-state index contributed by atoms with van der Waals surface area (Å²) in [6.45, 7) is 11.9. The summed E-state index contributed by atoms with van der Waals surface area (Å²) in [6, 6.07) is 9.36. The average Bonchev–Trinajstić information content (AvgIpc) is 3.38. The predicted octanol–water partition coefficient (Wildman–Crippen LogP) is 7.57. The number of benzene rings is 1. The first-order valence-corrected chi connectivity index (χ1v) is 13.7. The number of aromatic nitrogens is 1. The summed E-state index contributed by atoms with van der Waals surface area (Å²) < 4.78 is 4.57. The van der Waals surface area contributed by atoms with E-state index in [2.05, 4.69) is 73.8 Å². The van der Waals surface area contributed by atoms with Gasteiger partial charge in [-0.15, -0.1) is 17.9 Å². The van der Waals surface area contributed by atoms with Crippen LogP contribution in [0.2, 0.25) is 0 Å². The molecule has 4 heteroatoms. The van der Waals surface area contributed by atoms with Crippen molar-refractivity contribution < 1.29 is 4.74 Å². The second-order valence-electron chi connectivity index (χ2n) is 10.2. The van der Waals surface area contributed by atoms with Crippen LogP contribution in [-0.2, 0) is 11.2 Å². The molecule has 1 saturated carbocycles. The van der Waals surface area contributed by atoms with Gasteiger partial charge in [-0.25, -0.2) is 4.98 Å². The first-order valence-electron chi connectivity index (χ1n) is 12.9. The quantitative estimate of drug-likeness (QED) is 0.420. The van der Waals surface area contributed by atoms with Gasteiger partial charge in [0, 0.05) is 29.9 Å². The Hall–Kier alpha value is -2.17. The van der Waals surface area contributed by atoms with Crippen molar-refractivity contribution in [2.45, 2.75) is 64.7 Å². The van der Waals surface area contributed by atoms with Crippen LogP contribution in [0.15, 0.2) is 60.2 Å². The molecule has 0 aliphatic heterocycles. The summed E-state index contributed by atoms with van der Waals surface area (Å²) in [5.41, 5.74) is 8.54. The highest BCUT2D eigenvalue weighted by atomic mass is 32.1. The summed E-state index contributed by atoms with van der Waals surface area (Å²) in [5.74, 6) is 1.35. The molecule has 0 amide bonds. The molecular formula is C30H38N2OS. The fourth-order valence-corrected chi connectivity index (χ4v) is 8.66. The number of methoxy groups -OCH3 is 1. The Morgan fingerprint density at radius 3 is 2.71 bits per heavy atom. The van der Waals surface area contributed by atoms with Crippen molar-refractivity contribution >= 4 is 16.5 Å². The molecule has 1 heterocycles. The molecule has 4 aliphatic carbocycles. The van der Waals surface area contributed by atoms with Crippen LogP contribution in [0.5, 0.6) is 0 Å². The van der Waals surface area contributed by atoms with Crippen LogP contribution < -0.4 is 5.32 Å². The standard InChI is InChI=1S/C26H30N2S.C4H8O/c1-4-22-16(3)28-24(29-22)27-15-25-14-21-17-10-6-7-11-18(17)23(26(21,25)5-2)19-12-8-9-13-20(19)25;1-3-4-5-2/h6-7,9-11,13,21,23H,4-5,8,12,14-15H2,1-3H3,(H,27,28);3H,1,4H2,2H3. The molecule has 4 atom stereocenters. The van der Waals surface area contributed by atoms with Gasteiger partial charge in [-0.05, 0) is 67.1 Å². The van der Waals surface area contributed by atoms with Crippen molar-refractivity contribution in [2.75, 3.05) is 25.6 Å². The van der Waals surface area contributed by atoms with Gasteiger partial charge in [0.2, 0.25) is 0 Å². The molecule has 4 aliphatic rings. The van der Waals surface area contributed by atoms with Crippen LogP contribution in [0.1, 0.15) is 73.1 Å². The first-order chi connectivity index (χ1) is 16.6. The molecule has 0 radical (unpaired) electrons. The van der Waals surface area contributed by atoms with E-state index in [0.717, 1.165) is 24.0 Å². The molecule has 6 rings (SSSR count). The molecule has 34 heavy (non-hydrogen) atoms. The van der Waals surface area contributed by atoms with Crippen molar-refractivity contribution in [1.29, 1.82) is 0 Å². The molecule has 1 fully saturated rings. The highest BCUT2D eigenvalue weighted by Crippen LogP contribution is 2.84. The van der Waals surface area contributed by atoms with Gasteiger partial charge in [0.05, 0.1) is 12.3 Å². The fraction of sp³-hybridized carbons (Fsp3) is 0.500. The van der Waals surface area contributed by atoms with Gasteiger partial charge < -0.3 is 10.1 Å². The number of nitrogens with zero attached hydrogens (tertiary/aromatic N) is 1. The normalized spacial score (nSPS) is 29.5. The topological polar surface area (TPSA) is 34.1 Å². The van der Waals surface area contributed by atoms with Gasteiger partial charge in [0.15, 0.2) is 5.13 Å². The number of ether oxygens (including phenoxy) is 1. The highest BCUT2D eigenvalue weighted by Gasteiger charge is 2.75. The Balaban J connectivity index is 0.000000439.